The Kier molecular flexibility index (Phi) is 0.974. The van der Waals surface area contributed by atoms with Crippen LogP contribution in [0, 0.1) is 0 Å². The molecule has 0 saturated heterocycles. The van der Waals surface area contributed by atoms with Gasteiger partial charge in [0, 0.05) is 18.2 Å². The van der Waals surface area contributed by atoms with Gasteiger partial charge in [-0.2, -0.15) is 0 Å². The molecule has 3 nitrogen and oxygen atoms in total. The summed E-state index contributed by atoms with van der Waals surface area (Å²) in [6.45, 7) is 0. The fourth-order valence-corrected chi connectivity index (χ4v) is 1.02. The van der Waals surface area contributed by atoms with Gasteiger partial charge in [-0.1, -0.05) is 6.07 Å². The van der Waals surface area contributed by atoms with Crippen molar-refractivity contribution in [2.45, 2.75) is 6.42 Å². The van der Waals surface area contributed by atoms with Crippen LogP contribution in [0.5, 0.6) is 0 Å². The molecule has 1 aliphatic heterocycles. The number of nitrogens with one attached hydrogen (secondary N) is 1. The van der Waals surface area contributed by atoms with Crippen LogP contribution < -0.4 is 5.73 Å². The maximum Gasteiger partial charge on any atom is 0.157 e. The van der Waals surface area contributed by atoms with Gasteiger partial charge >= 0.3 is 0 Å². The number of fused-ring (bicyclic) bond motifs is 1. The van der Waals surface area contributed by atoms with Crippen LogP contribution in [0.2, 0.25) is 0 Å². The van der Waals surface area contributed by atoms with Crippen LogP contribution in [-0.4, -0.2) is 10.8 Å². The van der Waals surface area contributed by atoms with Gasteiger partial charge in [-0.3, -0.25) is 5.73 Å². The van der Waals surface area contributed by atoms with Crippen molar-refractivity contribution in [3.63, 3.8) is 0 Å². The zero-order valence-electron chi connectivity index (χ0n) is 5.33. The smallest absolute Gasteiger partial charge is 0.157 e. The maximum atomic E-state index is 7.23. The molecule has 0 amide bonds. The van der Waals surface area contributed by atoms with Gasteiger partial charge in [0.1, 0.15) is 5.84 Å². The minimum absolute atomic E-state index is 0.411. The molecule has 3 heteroatoms. The molecule has 0 atom stereocenters. The van der Waals surface area contributed by atoms with E-state index in [1.165, 1.54) is 0 Å². The summed E-state index contributed by atoms with van der Waals surface area (Å²) in [5, 5.41) is 0. The molecule has 1 radical (unpaired) electrons. The fourth-order valence-electron chi connectivity index (χ4n) is 1.02. The highest BCUT2D eigenvalue weighted by Crippen LogP contribution is 2.21. The molecule has 0 aromatic carbocycles. The Bertz CT molecular complexity index is 291. The molecule has 0 saturated carbocycles. The molecule has 49 valence electrons. The number of rotatable bonds is 0. The average molecular weight is 132 g/mol. The number of amidine groups is 1. The summed E-state index contributed by atoms with van der Waals surface area (Å²) in [6, 6.07) is 3.82. The minimum atomic E-state index is 0.411. The topological polar surface area (TPSA) is 49.0 Å². The third kappa shape index (κ3) is 0.673. The first kappa shape index (κ1) is 5.41. The Morgan fingerprint density at radius 1 is 1.50 bits per heavy atom. The van der Waals surface area contributed by atoms with Crippen LogP contribution in [0.15, 0.2) is 23.3 Å². The Balaban J connectivity index is 2.54. The summed E-state index contributed by atoms with van der Waals surface area (Å²) in [4.78, 5) is 7.93. The molecule has 1 aliphatic rings. The maximum absolute atomic E-state index is 7.23. The second-order valence-corrected chi connectivity index (χ2v) is 2.22. The summed E-state index contributed by atoms with van der Waals surface area (Å²) >= 11 is 0. The Morgan fingerprint density at radius 2 is 2.40 bits per heavy atom. The van der Waals surface area contributed by atoms with Gasteiger partial charge in [0.2, 0.25) is 0 Å². The average Bonchev–Trinajstić information content (AvgIpc) is 2.27. The van der Waals surface area contributed by atoms with E-state index in [0.717, 1.165) is 5.56 Å². The largest absolute Gasteiger partial charge is 0.286 e. The molecule has 10 heavy (non-hydrogen) atoms. The number of pyridine rings is 1. The summed E-state index contributed by atoms with van der Waals surface area (Å²) in [6.07, 6.45) is 2.34. The molecule has 0 unspecified atom stereocenters. The van der Waals surface area contributed by atoms with Crippen LogP contribution in [-0.2, 0) is 6.42 Å². The third-order valence-electron chi connectivity index (χ3n) is 1.47. The molecule has 0 fully saturated rings. The number of nitrogens with zero attached hydrogens (tertiary/aromatic N) is 2. The molecule has 2 heterocycles. The van der Waals surface area contributed by atoms with E-state index in [1.807, 2.05) is 12.1 Å². The zero-order valence-corrected chi connectivity index (χ0v) is 5.33. The van der Waals surface area contributed by atoms with Crippen LogP contribution in [0.4, 0.5) is 5.82 Å². The van der Waals surface area contributed by atoms with Crippen molar-refractivity contribution in [2.24, 2.45) is 4.99 Å². The third-order valence-corrected chi connectivity index (χ3v) is 1.47. The highest BCUT2D eigenvalue weighted by atomic mass is 15.0. The van der Waals surface area contributed by atoms with E-state index < -0.39 is 0 Å². The number of aliphatic imine (C=N–C) groups is 1. The van der Waals surface area contributed by atoms with Crippen LogP contribution >= 0.6 is 0 Å². The molecular formula is C7H6N3. The summed E-state index contributed by atoms with van der Waals surface area (Å²) in [5.41, 5.74) is 8.29. The van der Waals surface area contributed by atoms with E-state index in [1.54, 1.807) is 6.20 Å². The second kappa shape index (κ2) is 1.80. The second-order valence-electron chi connectivity index (χ2n) is 2.22. The predicted octanol–water partition coefficient (Wildman–Crippen LogP) is 0.951. The Morgan fingerprint density at radius 3 is 3.20 bits per heavy atom. The highest BCUT2D eigenvalue weighted by Gasteiger charge is 2.11. The predicted molar refractivity (Wildman–Crippen MR) is 38.1 cm³/mol. The van der Waals surface area contributed by atoms with Crippen molar-refractivity contribution in [1.29, 1.82) is 0 Å². The van der Waals surface area contributed by atoms with Crippen molar-refractivity contribution in [2.75, 3.05) is 0 Å². The van der Waals surface area contributed by atoms with Crippen LogP contribution in [0.25, 0.3) is 0 Å². The number of hydrogen-bond acceptors (Lipinski definition) is 2. The standard InChI is InChI=1S/C7H6N3/c8-6-4-5-2-1-3-9-7(5)10-6/h1-3,8H,4H2. The molecule has 1 aromatic heterocycles. The van der Waals surface area contributed by atoms with Gasteiger partial charge in [-0.15, -0.1) is 0 Å². The summed E-state index contributed by atoms with van der Waals surface area (Å²) in [7, 11) is 0. The van der Waals surface area contributed by atoms with Crippen LogP contribution in [0.3, 0.4) is 0 Å². The Hall–Kier alpha value is -1.38. The highest BCUT2D eigenvalue weighted by molar-refractivity contribution is 5.89. The quantitative estimate of drug-likeness (QED) is 0.518. The molecule has 2 rings (SSSR count). The summed E-state index contributed by atoms with van der Waals surface area (Å²) < 4.78 is 0. The van der Waals surface area contributed by atoms with E-state index in [-0.39, 0.29) is 0 Å². The van der Waals surface area contributed by atoms with Gasteiger partial charge in [-0.25, -0.2) is 9.98 Å². The normalized spacial score (nSPS) is 14.6. The lowest BCUT2D eigenvalue weighted by atomic mass is 10.2. The molecule has 0 bridgehead atoms. The zero-order chi connectivity index (χ0) is 6.97. The van der Waals surface area contributed by atoms with E-state index in [4.69, 9.17) is 5.73 Å². The first-order chi connectivity index (χ1) is 4.86. The van der Waals surface area contributed by atoms with E-state index in [2.05, 4.69) is 9.98 Å². The molecular weight excluding hydrogens is 126 g/mol. The lowest BCUT2D eigenvalue weighted by molar-refractivity contribution is 1.25. The molecule has 0 spiro atoms. The van der Waals surface area contributed by atoms with E-state index in [0.29, 0.717) is 18.1 Å². The van der Waals surface area contributed by atoms with Gasteiger partial charge in [-0.05, 0) is 6.07 Å². The van der Waals surface area contributed by atoms with E-state index in [9.17, 15) is 0 Å². The number of hydrogen-bond donors (Lipinski definition) is 0. The van der Waals surface area contributed by atoms with Crippen LogP contribution in [0.1, 0.15) is 5.56 Å². The van der Waals surface area contributed by atoms with Gasteiger partial charge in [0.15, 0.2) is 5.82 Å². The summed E-state index contributed by atoms with van der Waals surface area (Å²) in [5.74, 6) is 1.13. The number of aromatic nitrogens is 1. The lowest BCUT2D eigenvalue weighted by Gasteiger charge is -1.90. The Labute approximate surface area is 58.6 Å². The van der Waals surface area contributed by atoms with Gasteiger partial charge < -0.3 is 0 Å². The fraction of sp³-hybridized carbons (Fsp3) is 0.143. The monoisotopic (exact) mass is 132 g/mol. The molecule has 1 N–H and O–H groups in total. The first-order valence-corrected chi connectivity index (χ1v) is 3.09. The minimum Gasteiger partial charge on any atom is -0.286 e. The SMILES string of the molecule is [NH]C1=Nc2ncccc2C1. The lowest BCUT2D eigenvalue weighted by Crippen LogP contribution is -1.95. The molecule has 0 aliphatic carbocycles. The van der Waals surface area contributed by atoms with Gasteiger partial charge in [0.05, 0.1) is 0 Å². The van der Waals surface area contributed by atoms with Gasteiger partial charge in [0.25, 0.3) is 0 Å². The first-order valence-electron chi connectivity index (χ1n) is 3.09. The van der Waals surface area contributed by atoms with Crippen molar-refractivity contribution < 1.29 is 0 Å². The van der Waals surface area contributed by atoms with Crippen molar-refractivity contribution in [3.8, 4) is 0 Å². The van der Waals surface area contributed by atoms with E-state index >= 15 is 0 Å². The van der Waals surface area contributed by atoms with Crippen molar-refractivity contribution in [1.82, 2.24) is 10.7 Å². The van der Waals surface area contributed by atoms with Crippen molar-refractivity contribution in [3.05, 3.63) is 23.9 Å². The molecule has 1 aromatic rings. The van der Waals surface area contributed by atoms with Crippen molar-refractivity contribution >= 4 is 11.7 Å².